The normalized spacial score (nSPS) is 12.4. The summed E-state index contributed by atoms with van der Waals surface area (Å²) < 4.78 is 11.0. The molecule has 8 heteroatoms. The first-order valence-corrected chi connectivity index (χ1v) is 12.2. The van der Waals surface area contributed by atoms with E-state index in [2.05, 4.69) is 20.3 Å². The van der Waals surface area contributed by atoms with Crippen LogP contribution in [0.3, 0.4) is 0 Å². The van der Waals surface area contributed by atoms with Crippen LogP contribution in [0.25, 0.3) is 22.2 Å². The summed E-state index contributed by atoms with van der Waals surface area (Å²) in [5.41, 5.74) is 1.78. The van der Waals surface area contributed by atoms with Gasteiger partial charge in [-0.1, -0.05) is 38.0 Å². The lowest BCUT2D eigenvalue weighted by atomic mass is 10.0. The predicted octanol–water partition coefficient (Wildman–Crippen LogP) is 6.13. The lowest BCUT2D eigenvalue weighted by Crippen LogP contribution is -2.35. The third kappa shape index (κ3) is 7.53. The van der Waals surface area contributed by atoms with E-state index in [1.165, 1.54) is 0 Å². The molecule has 2 aromatic heterocycles. The van der Waals surface area contributed by atoms with Gasteiger partial charge >= 0.3 is 6.09 Å². The largest absolute Gasteiger partial charge is 0.480 e. The molecule has 0 aliphatic heterocycles. The van der Waals surface area contributed by atoms with Crippen LogP contribution in [0.2, 0.25) is 0 Å². The number of rotatable bonds is 11. The molecule has 0 aliphatic rings. The van der Waals surface area contributed by atoms with Crippen LogP contribution in [-0.4, -0.2) is 39.5 Å². The van der Waals surface area contributed by atoms with Gasteiger partial charge in [0, 0.05) is 18.2 Å². The van der Waals surface area contributed by atoms with Crippen molar-refractivity contribution in [2.24, 2.45) is 0 Å². The summed E-state index contributed by atoms with van der Waals surface area (Å²) in [6.45, 7) is 7.38. The quantitative estimate of drug-likeness (QED) is 0.320. The van der Waals surface area contributed by atoms with Crippen molar-refractivity contribution in [1.82, 2.24) is 20.3 Å². The number of hydrogen-bond donors (Lipinski definition) is 2. The molecule has 0 saturated heterocycles. The van der Waals surface area contributed by atoms with Crippen molar-refractivity contribution in [3.63, 3.8) is 0 Å². The van der Waals surface area contributed by atoms with Gasteiger partial charge in [0.05, 0.1) is 36.1 Å². The fourth-order valence-corrected chi connectivity index (χ4v) is 3.85. The number of fused-ring (bicyclic) bond motifs is 1. The summed E-state index contributed by atoms with van der Waals surface area (Å²) in [5, 5.41) is 3.95. The van der Waals surface area contributed by atoms with Gasteiger partial charge in [-0.3, -0.25) is 4.79 Å². The number of ether oxygens (including phenoxy) is 2. The standard InChI is InChI=1S/C27H36N4O4/c1-6-19(32)13-8-7-9-15-22(31-26(33)35-27(2,3)4)24-28-17-23(29-24)20-16-18-12-10-11-14-21(18)30-25(20)34-5/h10-12,14,16-17,22H,6-9,13,15H2,1-5H3,(H,28,29)(H,31,33)/t22-/m0/s1. The number of nitrogens with zero attached hydrogens (tertiary/aromatic N) is 2. The molecule has 0 spiro atoms. The molecule has 3 rings (SSSR count). The summed E-state index contributed by atoms with van der Waals surface area (Å²) in [7, 11) is 1.59. The zero-order valence-corrected chi connectivity index (χ0v) is 21.3. The van der Waals surface area contributed by atoms with Crippen LogP contribution in [0.1, 0.15) is 78.1 Å². The van der Waals surface area contributed by atoms with Crippen LogP contribution in [0.4, 0.5) is 4.79 Å². The number of benzene rings is 1. The average Bonchev–Trinajstić information content (AvgIpc) is 3.30. The highest BCUT2D eigenvalue weighted by atomic mass is 16.6. The van der Waals surface area contributed by atoms with Crippen LogP contribution >= 0.6 is 0 Å². The number of unbranched alkanes of at least 4 members (excludes halogenated alkanes) is 2. The number of ketones is 1. The molecule has 2 N–H and O–H groups in total. The number of carbonyl (C=O) groups excluding carboxylic acids is 2. The van der Waals surface area contributed by atoms with Gasteiger partial charge in [-0.2, -0.15) is 0 Å². The van der Waals surface area contributed by atoms with Gasteiger partial charge in [0.1, 0.15) is 17.2 Å². The number of aromatic nitrogens is 3. The number of Topliss-reactive ketones (excluding diaryl/α,β-unsaturated/α-hetero) is 1. The fourth-order valence-electron chi connectivity index (χ4n) is 3.85. The molecule has 1 aromatic carbocycles. The number of H-pyrrole nitrogens is 1. The highest BCUT2D eigenvalue weighted by Crippen LogP contribution is 2.31. The maximum atomic E-state index is 12.5. The van der Waals surface area contributed by atoms with Gasteiger partial charge in [0.2, 0.25) is 5.88 Å². The molecule has 35 heavy (non-hydrogen) atoms. The first-order valence-electron chi connectivity index (χ1n) is 12.2. The molecule has 0 saturated carbocycles. The summed E-state index contributed by atoms with van der Waals surface area (Å²) in [5.74, 6) is 1.41. The Hall–Kier alpha value is -3.42. The van der Waals surface area contributed by atoms with Crippen molar-refractivity contribution < 1.29 is 19.1 Å². The Balaban J connectivity index is 1.80. The average molecular weight is 481 g/mol. The Morgan fingerprint density at radius 3 is 2.63 bits per heavy atom. The monoisotopic (exact) mass is 480 g/mol. The lowest BCUT2D eigenvalue weighted by molar-refractivity contribution is -0.118. The molecule has 1 atom stereocenters. The summed E-state index contributed by atoms with van der Waals surface area (Å²) in [6.07, 6.45) is 5.65. The summed E-state index contributed by atoms with van der Waals surface area (Å²) in [6, 6.07) is 9.49. The number of hydrogen-bond acceptors (Lipinski definition) is 6. The Morgan fingerprint density at radius 1 is 1.14 bits per heavy atom. The van der Waals surface area contributed by atoms with Gasteiger partial charge in [0.15, 0.2) is 0 Å². The van der Waals surface area contributed by atoms with Crippen molar-refractivity contribution in [2.45, 2.75) is 77.9 Å². The van der Waals surface area contributed by atoms with E-state index in [-0.39, 0.29) is 11.8 Å². The van der Waals surface area contributed by atoms with Gasteiger partial charge in [-0.15, -0.1) is 0 Å². The van der Waals surface area contributed by atoms with Crippen LogP contribution in [0.15, 0.2) is 36.5 Å². The minimum atomic E-state index is -0.604. The van der Waals surface area contributed by atoms with E-state index in [1.54, 1.807) is 13.3 Å². The topological polar surface area (TPSA) is 106 Å². The van der Waals surface area contributed by atoms with Crippen molar-refractivity contribution in [3.05, 3.63) is 42.4 Å². The van der Waals surface area contributed by atoms with Gasteiger partial charge in [0.25, 0.3) is 0 Å². The van der Waals surface area contributed by atoms with E-state index in [1.807, 2.05) is 58.0 Å². The van der Waals surface area contributed by atoms with Gasteiger partial charge in [-0.25, -0.2) is 14.8 Å². The minimum Gasteiger partial charge on any atom is -0.480 e. The Kier molecular flexibility index (Phi) is 8.84. The van der Waals surface area contributed by atoms with E-state index in [0.717, 1.165) is 41.4 Å². The molecule has 3 aromatic rings. The highest BCUT2D eigenvalue weighted by Gasteiger charge is 2.23. The van der Waals surface area contributed by atoms with Crippen LogP contribution in [0, 0.1) is 0 Å². The van der Waals surface area contributed by atoms with Crippen LogP contribution in [-0.2, 0) is 9.53 Å². The maximum Gasteiger partial charge on any atom is 0.408 e. The molecule has 1 amide bonds. The SMILES string of the molecule is CCC(=O)CCCCC[C@H](NC(=O)OC(C)(C)C)c1ncc(-c2cc3ccccc3nc2OC)[nH]1. The Morgan fingerprint density at radius 2 is 1.91 bits per heavy atom. The molecule has 8 nitrogen and oxygen atoms in total. The second kappa shape index (κ2) is 11.8. The number of alkyl carbamates (subject to hydrolysis) is 1. The van der Waals surface area contributed by atoms with E-state index >= 15 is 0 Å². The van der Waals surface area contributed by atoms with Crippen LogP contribution in [0.5, 0.6) is 5.88 Å². The van der Waals surface area contributed by atoms with Gasteiger partial charge < -0.3 is 19.8 Å². The van der Waals surface area contributed by atoms with Crippen molar-refractivity contribution in [3.8, 4) is 17.1 Å². The zero-order valence-electron chi connectivity index (χ0n) is 21.3. The van der Waals surface area contributed by atoms with Crippen LogP contribution < -0.4 is 10.1 Å². The fraction of sp³-hybridized carbons (Fsp3) is 0.481. The number of para-hydroxylation sites is 1. The maximum absolute atomic E-state index is 12.5. The number of nitrogens with one attached hydrogen (secondary N) is 2. The Labute approximate surface area is 206 Å². The van der Waals surface area contributed by atoms with Gasteiger partial charge in [-0.05, 0) is 45.7 Å². The minimum absolute atomic E-state index is 0.280. The number of pyridine rings is 1. The van der Waals surface area contributed by atoms with E-state index < -0.39 is 11.7 Å². The summed E-state index contributed by atoms with van der Waals surface area (Å²) in [4.78, 5) is 36.7. The molecule has 2 heterocycles. The second-order valence-corrected chi connectivity index (χ2v) is 9.61. The number of imidazole rings is 1. The third-order valence-corrected chi connectivity index (χ3v) is 5.63. The lowest BCUT2D eigenvalue weighted by Gasteiger charge is -2.23. The molecule has 0 fully saturated rings. The zero-order chi connectivity index (χ0) is 25.4. The van der Waals surface area contributed by atoms with Crippen molar-refractivity contribution in [2.75, 3.05) is 7.11 Å². The highest BCUT2D eigenvalue weighted by molar-refractivity contribution is 5.85. The first-order chi connectivity index (χ1) is 16.7. The van der Waals surface area contributed by atoms with Crippen molar-refractivity contribution >= 4 is 22.8 Å². The molecule has 0 unspecified atom stereocenters. The van der Waals surface area contributed by atoms with E-state index in [0.29, 0.717) is 31.0 Å². The smallest absolute Gasteiger partial charge is 0.408 e. The van der Waals surface area contributed by atoms with E-state index in [9.17, 15) is 9.59 Å². The molecule has 0 bridgehead atoms. The number of aromatic amines is 1. The number of methoxy groups -OCH3 is 1. The number of amides is 1. The first kappa shape index (κ1) is 26.2. The molecule has 0 radical (unpaired) electrons. The third-order valence-electron chi connectivity index (χ3n) is 5.63. The number of carbonyl (C=O) groups is 2. The second-order valence-electron chi connectivity index (χ2n) is 9.61. The molecule has 188 valence electrons. The van der Waals surface area contributed by atoms with Crippen molar-refractivity contribution in [1.29, 1.82) is 0 Å². The predicted molar refractivity (Wildman–Crippen MR) is 136 cm³/mol. The molecule has 0 aliphatic carbocycles. The molecular weight excluding hydrogens is 444 g/mol. The molecular formula is C27H36N4O4. The Bertz CT molecular complexity index is 1150. The van der Waals surface area contributed by atoms with E-state index in [4.69, 9.17) is 9.47 Å². The summed E-state index contributed by atoms with van der Waals surface area (Å²) >= 11 is 0.